The topological polar surface area (TPSA) is 118 Å². The van der Waals surface area contributed by atoms with Gasteiger partial charge in [-0.15, -0.1) is 21.1 Å². The largest absolute Gasteiger partial charge is 0.443 e. The Morgan fingerprint density at radius 1 is 1.26 bits per heavy atom. The number of ether oxygens (including phenoxy) is 1. The molecule has 13 heteroatoms. The number of nitrogens with one attached hydrogen (secondary N) is 1. The third-order valence-corrected chi connectivity index (χ3v) is 7.14. The van der Waals surface area contributed by atoms with Crippen molar-refractivity contribution in [2.45, 2.75) is 57.6 Å². The van der Waals surface area contributed by atoms with E-state index in [-0.39, 0.29) is 12.4 Å². The van der Waals surface area contributed by atoms with E-state index < -0.39 is 38.5 Å². The summed E-state index contributed by atoms with van der Waals surface area (Å²) in [5.74, 6) is -1.27. The summed E-state index contributed by atoms with van der Waals surface area (Å²) in [5, 5.41) is 1.35. The Kier molecular flexibility index (Phi) is 7.78. The Balaban J connectivity index is 1.83. The summed E-state index contributed by atoms with van der Waals surface area (Å²) in [6.45, 7) is 7.53. The molecule has 186 valence electrons. The first-order valence-corrected chi connectivity index (χ1v) is 12.9. The van der Waals surface area contributed by atoms with Crippen molar-refractivity contribution in [1.29, 1.82) is 0 Å². The predicted octanol–water partition coefficient (Wildman–Crippen LogP) is 3.96. The van der Waals surface area contributed by atoms with Crippen molar-refractivity contribution in [3.63, 3.8) is 0 Å². The molecule has 34 heavy (non-hydrogen) atoms. The molecule has 0 aliphatic carbocycles. The zero-order valence-corrected chi connectivity index (χ0v) is 21.0. The van der Waals surface area contributed by atoms with Gasteiger partial charge in [-0.1, -0.05) is 0 Å². The molecule has 1 saturated heterocycles. The van der Waals surface area contributed by atoms with Gasteiger partial charge >= 0.3 is 12.2 Å². The number of sulfonamides is 1. The minimum Gasteiger partial charge on any atom is -0.443 e. The number of carbonyl (C=O) groups is 2. The van der Waals surface area contributed by atoms with E-state index in [4.69, 9.17) is 9.57 Å². The number of thiazole rings is 1. The van der Waals surface area contributed by atoms with Crippen LogP contribution in [-0.2, 0) is 26.1 Å². The van der Waals surface area contributed by atoms with Crippen LogP contribution in [0.4, 0.5) is 19.8 Å². The van der Waals surface area contributed by atoms with Crippen LogP contribution < -0.4 is 9.79 Å². The first-order valence-electron chi connectivity index (χ1n) is 10.5. The number of amides is 2. The van der Waals surface area contributed by atoms with Crippen LogP contribution in [0.3, 0.4) is 0 Å². The van der Waals surface area contributed by atoms with Crippen molar-refractivity contribution in [2.24, 2.45) is 0 Å². The van der Waals surface area contributed by atoms with Gasteiger partial charge in [0.1, 0.15) is 16.3 Å². The van der Waals surface area contributed by atoms with Gasteiger partial charge in [0.25, 0.3) is 10.0 Å². The van der Waals surface area contributed by atoms with E-state index in [0.29, 0.717) is 28.5 Å². The number of benzene rings is 1. The van der Waals surface area contributed by atoms with E-state index in [2.05, 4.69) is 10.5 Å². The number of hydrogen-bond donors (Lipinski definition) is 1. The highest BCUT2D eigenvalue weighted by molar-refractivity contribution is 7.93. The predicted molar refractivity (Wildman–Crippen MR) is 123 cm³/mol. The number of halogens is 1. The highest BCUT2D eigenvalue weighted by Crippen LogP contribution is 2.29. The molecule has 0 saturated carbocycles. The van der Waals surface area contributed by atoms with Crippen molar-refractivity contribution in [3.8, 4) is 0 Å². The molecule has 0 spiro atoms. The number of hydrogen-bond acceptors (Lipinski definition) is 9. The number of rotatable bonds is 6. The van der Waals surface area contributed by atoms with Crippen molar-refractivity contribution in [2.75, 3.05) is 17.4 Å². The molecule has 3 rings (SSSR count). The quantitative estimate of drug-likeness (QED) is 0.576. The molecular formula is C21H27FN4O6S2. The minimum absolute atomic E-state index is 0.0372. The maximum Gasteiger partial charge on any atom is 0.430 e. The molecule has 1 aromatic carbocycles. The molecule has 1 aliphatic rings. The summed E-state index contributed by atoms with van der Waals surface area (Å²) in [7, 11) is -4.70. The number of carbonyl (C=O) groups excluding carboxylic acids is 2. The van der Waals surface area contributed by atoms with Gasteiger partial charge in [-0.2, -0.15) is 0 Å². The number of aryl methyl sites for hydroxylation is 1. The van der Waals surface area contributed by atoms with Crippen LogP contribution >= 0.6 is 11.3 Å². The van der Waals surface area contributed by atoms with Gasteiger partial charge in [0.05, 0.1) is 12.1 Å². The summed E-state index contributed by atoms with van der Waals surface area (Å²) in [6, 6.07) is 2.14. The zero-order chi connectivity index (χ0) is 25.1. The first kappa shape index (κ1) is 25.8. The normalized spacial score (nSPS) is 14.2. The third kappa shape index (κ3) is 6.02. The second-order valence-corrected chi connectivity index (χ2v) is 11.2. The average Bonchev–Trinajstić information content (AvgIpc) is 3.43. The highest BCUT2D eigenvalue weighted by Gasteiger charge is 2.38. The lowest BCUT2D eigenvalue weighted by atomic mass is 10.1. The summed E-state index contributed by atoms with van der Waals surface area (Å²) in [4.78, 5) is 34.5. The number of aromatic nitrogens is 1. The molecule has 0 radical (unpaired) electrons. The van der Waals surface area contributed by atoms with Crippen molar-refractivity contribution < 1.29 is 32.0 Å². The van der Waals surface area contributed by atoms with Gasteiger partial charge < -0.3 is 14.5 Å². The molecule has 0 unspecified atom stereocenters. The second kappa shape index (κ2) is 10.2. The SMILES string of the molecule is Cc1cc(S(=O)(=O)N(C(=O)OC(C)(C)C)c2cscn2)c(F)cc1CNOC(=O)N1CCCC1. The number of likely N-dealkylation sites (tertiary alicyclic amines) is 1. The Hall–Kier alpha value is -2.77. The lowest BCUT2D eigenvalue weighted by Crippen LogP contribution is -2.41. The van der Waals surface area contributed by atoms with E-state index in [9.17, 15) is 18.0 Å². The maximum atomic E-state index is 15.0. The molecule has 1 fully saturated rings. The van der Waals surface area contributed by atoms with Gasteiger partial charge in [-0.05, 0) is 63.8 Å². The number of nitrogens with zero attached hydrogens (tertiary/aromatic N) is 3. The van der Waals surface area contributed by atoms with Crippen LogP contribution in [0.1, 0.15) is 44.7 Å². The molecule has 0 bridgehead atoms. The van der Waals surface area contributed by atoms with Crippen molar-refractivity contribution in [1.82, 2.24) is 15.4 Å². The average molecular weight is 515 g/mol. The monoisotopic (exact) mass is 514 g/mol. The zero-order valence-electron chi connectivity index (χ0n) is 19.3. The molecule has 1 N–H and O–H groups in total. The first-order chi connectivity index (χ1) is 15.9. The van der Waals surface area contributed by atoms with E-state index in [0.717, 1.165) is 36.3 Å². The summed E-state index contributed by atoms with van der Waals surface area (Å²) in [6.07, 6.45) is 0.105. The van der Waals surface area contributed by atoms with Crippen LogP contribution in [0.5, 0.6) is 0 Å². The summed E-state index contributed by atoms with van der Waals surface area (Å²) >= 11 is 1.07. The van der Waals surface area contributed by atoms with Crippen molar-refractivity contribution >= 4 is 39.4 Å². The Labute approximate surface area is 201 Å². The van der Waals surface area contributed by atoms with Crippen LogP contribution in [-0.4, -0.2) is 49.2 Å². The van der Waals surface area contributed by atoms with Crippen molar-refractivity contribution in [3.05, 3.63) is 40.0 Å². The minimum atomic E-state index is -4.70. The lowest BCUT2D eigenvalue weighted by Gasteiger charge is -2.26. The van der Waals surface area contributed by atoms with Gasteiger partial charge in [-0.3, -0.25) is 0 Å². The Morgan fingerprint density at radius 2 is 1.94 bits per heavy atom. The fourth-order valence-corrected chi connectivity index (χ4v) is 5.24. The molecule has 2 aromatic rings. The Bertz CT molecular complexity index is 1140. The van der Waals surface area contributed by atoms with Gasteiger partial charge in [0.2, 0.25) is 0 Å². The van der Waals surface area contributed by atoms with Crippen LogP contribution in [0.15, 0.2) is 27.9 Å². The molecule has 0 atom stereocenters. The molecule has 1 aromatic heterocycles. The van der Waals surface area contributed by atoms with Gasteiger partial charge in [-0.25, -0.2) is 27.4 Å². The number of hydroxylamine groups is 1. The van der Waals surface area contributed by atoms with E-state index in [1.54, 1.807) is 32.6 Å². The fraction of sp³-hybridized carbons (Fsp3) is 0.476. The maximum absolute atomic E-state index is 15.0. The highest BCUT2D eigenvalue weighted by atomic mass is 32.2. The number of anilines is 1. The van der Waals surface area contributed by atoms with Crippen LogP contribution in [0.25, 0.3) is 0 Å². The van der Waals surface area contributed by atoms with Crippen LogP contribution in [0, 0.1) is 12.7 Å². The van der Waals surface area contributed by atoms with Gasteiger partial charge in [0, 0.05) is 18.5 Å². The second-order valence-electron chi connectivity index (χ2n) is 8.69. The fourth-order valence-electron chi connectivity index (χ4n) is 3.25. The van der Waals surface area contributed by atoms with Gasteiger partial charge in [0.15, 0.2) is 5.82 Å². The molecule has 2 amide bonds. The third-order valence-electron chi connectivity index (χ3n) is 4.88. The standard InChI is InChI=1S/C21H27FN4O6S2/c1-14-9-17(16(22)10-15(14)11-24-32-19(27)25-7-5-6-8-25)34(29,30)26(18-12-33-13-23-18)20(28)31-21(2,3)4/h9-10,12-13,24H,5-8,11H2,1-4H3. The van der Waals surface area contributed by atoms with E-state index in [1.165, 1.54) is 10.9 Å². The van der Waals surface area contributed by atoms with E-state index in [1.807, 2.05) is 0 Å². The molecule has 1 aliphatic heterocycles. The summed E-state index contributed by atoms with van der Waals surface area (Å²) in [5.41, 5.74) is 3.64. The van der Waals surface area contributed by atoms with Crippen LogP contribution in [0.2, 0.25) is 0 Å². The summed E-state index contributed by atoms with van der Waals surface area (Å²) < 4.78 is 47.3. The molecule has 10 nitrogen and oxygen atoms in total. The van der Waals surface area contributed by atoms with E-state index >= 15 is 4.39 Å². The lowest BCUT2D eigenvalue weighted by molar-refractivity contribution is 0.0578. The molecule has 2 heterocycles. The Morgan fingerprint density at radius 3 is 2.53 bits per heavy atom. The smallest absolute Gasteiger partial charge is 0.430 e. The molecular weight excluding hydrogens is 487 g/mol.